The van der Waals surface area contributed by atoms with E-state index in [0.29, 0.717) is 6.54 Å². The zero-order valence-electron chi connectivity index (χ0n) is 11.1. The van der Waals surface area contributed by atoms with Crippen LogP contribution < -0.4 is 5.32 Å². The number of benzene rings is 1. The number of hydrogen-bond acceptors (Lipinski definition) is 1. The minimum Gasteiger partial charge on any atom is -0.313 e. The first-order chi connectivity index (χ1) is 8.75. The lowest BCUT2D eigenvalue weighted by atomic mass is 10.1. The van der Waals surface area contributed by atoms with E-state index in [-0.39, 0.29) is 10.8 Å². The van der Waals surface area contributed by atoms with Crippen LogP contribution in [0, 0.1) is 5.82 Å². The summed E-state index contributed by atoms with van der Waals surface area (Å²) in [6.07, 6.45) is 7.73. The van der Waals surface area contributed by atoms with Crippen LogP contribution in [0.25, 0.3) is 0 Å². The molecule has 1 nitrogen and oxygen atoms in total. The zero-order valence-corrected chi connectivity index (χ0v) is 11.9. The summed E-state index contributed by atoms with van der Waals surface area (Å²) in [5, 5.41) is 3.55. The Bertz CT molecular complexity index is 341. The van der Waals surface area contributed by atoms with Gasteiger partial charge in [0.25, 0.3) is 0 Å². The molecule has 1 N–H and O–H groups in total. The maximum atomic E-state index is 13.2. The van der Waals surface area contributed by atoms with Crippen molar-refractivity contribution in [3.8, 4) is 0 Å². The zero-order chi connectivity index (χ0) is 13.2. The Hall–Kier alpha value is -0.600. The molecule has 0 aliphatic carbocycles. The van der Waals surface area contributed by atoms with Gasteiger partial charge in [0.05, 0.1) is 5.02 Å². The van der Waals surface area contributed by atoms with Crippen LogP contribution in [0.4, 0.5) is 4.39 Å². The number of rotatable bonds is 9. The fourth-order valence-electron chi connectivity index (χ4n) is 1.94. The topological polar surface area (TPSA) is 12.0 Å². The molecule has 1 aromatic rings. The molecule has 0 aliphatic rings. The standard InChI is InChI=1S/C15H23ClFN/c1-2-3-4-5-6-7-11-18-12-13-9-8-10-14(17)15(13)16/h8-10,18H,2-7,11-12H2,1H3. The first-order valence-electron chi connectivity index (χ1n) is 6.89. The molecule has 0 fully saturated rings. The number of nitrogens with one attached hydrogen (secondary N) is 1. The Kier molecular flexibility index (Phi) is 8.03. The summed E-state index contributed by atoms with van der Waals surface area (Å²) in [5.41, 5.74) is 0.836. The van der Waals surface area contributed by atoms with Crippen LogP contribution in [0.1, 0.15) is 51.0 Å². The van der Waals surface area contributed by atoms with Gasteiger partial charge < -0.3 is 5.32 Å². The summed E-state index contributed by atoms with van der Waals surface area (Å²) < 4.78 is 13.2. The fraction of sp³-hybridized carbons (Fsp3) is 0.600. The maximum Gasteiger partial charge on any atom is 0.142 e. The molecule has 0 aromatic heterocycles. The van der Waals surface area contributed by atoms with Gasteiger partial charge in [0.2, 0.25) is 0 Å². The summed E-state index contributed by atoms with van der Waals surface area (Å²) in [6, 6.07) is 4.95. The van der Waals surface area contributed by atoms with Crippen molar-refractivity contribution < 1.29 is 4.39 Å². The molecule has 0 amide bonds. The Morgan fingerprint density at radius 1 is 1.11 bits per heavy atom. The Morgan fingerprint density at radius 2 is 1.83 bits per heavy atom. The molecular formula is C15H23ClFN. The first kappa shape index (κ1) is 15.5. The van der Waals surface area contributed by atoms with Crippen LogP contribution in [0.15, 0.2) is 18.2 Å². The summed E-state index contributed by atoms with van der Waals surface area (Å²) >= 11 is 5.88. The average molecular weight is 272 g/mol. The van der Waals surface area contributed by atoms with Gasteiger partial charge in [-0.2, -0.15) is 0 Å². The van der Waals surface area contributed by atoms with E-state index < -0.39 is 0 Å². The predicted molar refractivity (Wildman–Crippen MR) is 76.5 cm³/mol. The largest absolute Gasteiger partial charge is 0.313 e. The molecule has 0 bridgehead atoms. The summed E-state index contributed by atoms with van der Waals surface area (Å²) in [7, 11) is 0. The number of unbranched alkanes of at least 4 members (excludes halogenated alkanes) is 5. The van der Waals surface area contributed by atoms with Crippen molar-refractivity contribution in [3.05, 3.63) is 34.6 Å². The Morgan fingerprint density at radius 3 is 2.61 bits per heavy atom. The smallest absolute Gasteiger partial charge is 0.142 e. The van der Waals surface area contributed by atoms with Crippen molar-refractivity contribution in [2.24, 2.45) is 0 Å². The van der Waals surface area contributed by atoms with E-state index in [1.165, 1.54) is 44.6 Å². The third-order valence-corrected chi connectivity index (χ3v) is 3.48. The van der Waals surface area contributed by atoms with E-state index in [4.69, 9.17) is 11.6 Å². The van der Waals surface area contributed by atoms with Crippen LogP contribution in [-0.4, -0.2) is 6.54 Å². The van der Waals surface area contributed by atoms with E-state index in [1.54, 1.807) is 6.07 Å². The minimum absolute atomic E-state index is 0.243. The fourth-order valence-corrected chi connectivity index (χ4v) is 2.13. The Balaban J connectivity index is 2.09. The van der Waals surface area contributed by atoms with Gasteiger partial charge in [-0.05, 0) is 24.6 Å². The average Bonchev–Trinajstić information content (AvgIpc) is 2.37. The van der Waals surface area contributed by atoms with Crippen LogP contribution in [0.2, 0.25) is 5.02 Å². The Labute approximate surface area is 115 Å². The molecule has 1 aromatic carbocycles. The van der Waals surface area contributed by atoms with E-state index in [0.717, 1.165) is 12.1 Å². The highest BCUT2D eigenvalue weighted by Crippen LogP contribution is 2.19. The van der Waals surface area contributed by atoms with E-state index in [2.05, 4.69) is 12.2 Å². The maximum absolute atomic E-state index is 13.2. The molecular weight excluding hydrogens is 249 g/mol. The molecule has 1 rings (SSSR count). The van der Waals surface area contributed by atoms with Gasteiger partial charge in [-0.1, -0.05) is 62.8 Å². The van der Waals surface area contributed by atoms with Crippen molar-refractivity contribution in [2.45, 2.75) is 52.0 Å². The molecule has 0 aliphatic heterocycles. The van der Waals surface area contributed by atoms with Crippen molar-refractivity contribution >= 4 is 11.6 Å². The molecule has 0 atom stereocenters. The molecule has 18 heavy (non-hydrogen) atoms. The second-order valence-electron chi connectivity index (χ2n) is 4.66. The lowest BCUT2D eigenvalue weighted by Gasteiger charge is -2.07. The molecule has 3 heteroatoms. The van der Waals surface area contributed by atoms with Gasteiger partial charge in [-0.3, -0.25) is 0 Å². The summed E-state index contributed by atoms with van der Waals surface area (Å²) in [4.78, 5) is 0. The molecule has 0 saturated heterocycles. The van der Waals surface area contributed by atoms with E-state index >= 15 is 0 Å². The third-order valence-electron chi connectivity index (χ3n) is 3.05. The summed E-state index contributed by atoms with van der Waals surface area (Å²) in [5.74, 6) is -0.337. The molecule has 102 valence electrons. The molecule has 0 heterocycles. The molecule has 0 unspecified atom stereocenters. The molecule has 0 radical (unpaired) electrons. The van der Waals surface area contributed by atoms with Crippen molar-refractivity contribution in [3.63, 3.8) is 0 Å². The lowest BCUT2D eigenvalue weighted by Crippen LogP contribution is -2.15. The quantitative estimate of drug-likeness (QED) is 0.628. The monoisotopic (exact) mass is 271 g/mol. The van der Waals surface area contributed by atoms with Crippen molar-refractivity contribution in [2.75, 3.05) is 6.54 Å². The van der Waals surface area contributed by atoms with Gasteiger partial charge in [0.15, 0.2) is 0 Å². The molecule has 0 saturated carbocycles. The molecule has 0 spiro atoms. The summed E-state index contributed by atoms with van der Waals surface area (Å²) in [6.45, 7) is 3.84. The minimum atomic E-state index is -0.337. The predicted octanol–water partition coefficient (Wildman–Crippen LogP) is 4.93. The van der Waals surface area contributed by atoms with Crippen LogP contribution in [0.5, 0.6) is 0 Å². The van der Waals surface area contributed by atoms with E-state index in [9.17, 15) is 4.39 Å². The lowest BCUT2D eigenvalue weighted by molar-refractivity contribution is 0.570. The second-order valence-corrected chi connectivity index (χ2v) is 5.04. The first-order valence-corrected chi connectivity index (χ1v) is 7.27. The van der Waals surface area contributed by atoms with Crippen LogP contribution in [-0.2, 0) is 6.54 Å². The highest BCUT2D eigenvalue weighted by Gasteiger charge is 2.04. The van der Waals surface area contributed by atoms with Crippen LogP contribution >= 0.6 is 11.6 Å². The normalized spacial score (nSPS) is 10.8. The second kappa shape index (κ2) is 9.35. The van der Waals surface area contributed by atoms with Gasteiger partial charge in [0.1, 0.15) is 5.82 Å². The van der Waals surface area contributed by atoms with Crippen molar-refractivity contribution in [1.29, 1.82) is 0 Å². The highest BCUT2D eigenvalue weighted by atomic mass is 35.5. The third kappa shape index (κ3) is 5.83. The highest BCUT2D eigenvalue weighted by molar-refractivity contribution is 6.31. The van der Waals surface area contributed by atoms with Gasteiger partial charge in [-0.15, -0.1) is 0 Å². The van der Waals surface area contributed by atoms with Gasteiger partial charge in [0, 0.05) is 6.54 Å². The number of hydrogen-bond donors (Lipinski definition) is 1. The van der Waals surface area contributed by atoms with Gasteiger partial charge >= 0.3 is 0 Å². The number of halogens is 2. The SMILES string of the molecule is CCCCCCCCNCc1cccc(F)c1Cl. The van der Waals surface area contributed by atoms with Crippen molar-refractivity contribution in [1.82, 2.24) is 5.32 Å². The van der Waals surface area contributed by atoms with Crippen LogP contribution in [0.3, 0.4) is 0 Å². The van der Waals surface area contributed by atoms with Gasteiger partial charge in [-0.25, -0.2) is 4.39 Å². The van der Waals surface area contributed by atoms with E-state index in [1.807, 2.05) is 6.07 Å².